The average Bonchev–Trinajstić information content (AvgIpc) is 3.23. The Morgan fingerprint density at radius 3 is 2.27 bits per heavy atom. The van der Waals surface area contributed by atoms with Crippen LogP contribution in [0.15, 0.2) is 76.0 Å². The van der Waals surface area contributed by atoms with Gasteiger partial charge in [0.05, 0.1) is 17.7 Å². The summed E-state index contributed by atoms with van der Waals surface area (Å²) in [6, 6.07) is 16.2. The number of halogens is 2. The van der Waals surface area contributed by atoms with Crippen molar-refractivity contribution in [3.8, 4) is 0 Å². The maximum absolute atomic E-state index is 13.2. The van der Waals surface area contributed by atoms with Crippen LogP contribution in [0.3, 0.4) is 0 Å². The predicted octanol–water partition coefficient (Wildman–Crippen LogP) is 4.40. The molecule has 30 heavy (non-hydrogen) atoms. The summed E-state index contributed by atoms with van der Waals surface area (Å²) < 4.78 is 27.4. The molecule has 0 atom stereocenters. The van der Waals surface area contributed by atoms with E-state index in [2.05, 4.69) is 10.5 Å². The number of hydrogen-bond acceptors (Lipinski definition) is 5. The van der Waals surface area contributed by atoms with Crippen LogP contribution >= 0.6 is 34.5 Å². The van der Waals surface area contributed by atoms with Crippen LogP contribution in [0, 0.1) is 0 Å². The summed E-state index contributed by atoms with van der Waals surface area (Å²) in [5, 5.41) is 6.72. The SMILES string of the molecule is O=C(CN(Cc1ccc(Cl)cc1)S(=O)(=O)c1ccc(Cl)cc1)N/N=C\c1cccs1. The quantitative estimate of drug-likeness (QED) is 0.382. The Bertz CT molecular complexity index is 1120. The van der Waals surface area contributed by atoms with Crippen molar-refractivity contribution in [2.45, 2.75) is 11.4 Å². The van der Waals surface area contributed by atoms with Crippen molar-refractivity contribution in [2.75, 3.05) is 6.54 Å². The van der Waals surface area contributed by atoms with Gasteiger partial charge in [0.1, 0.15) is 0 Å². The topological polar surface area (TPSA) is 78.8 Å². The monoisotopic (exact) mass is 481 g/mol. The van der Waals surface area contributed by atoms with E-state index in [1.807, 2.05) is 17.5 Å². The van der Waals surface area contributed by atoms with Crippen LogP contribution in [0.1, 0.15) is 10.4 Å². The lowest BCUT2D eigenvalue weighted by Gasteiger charge is -2.21. The number of carbonyl (C=O) groups is 1. The molecule has 0 unspecified atom stereocenters. The van der Waals surface area contributed by atoms with Crippen LogP contribution in [0.2, 0.25) is 10.0 Å². The third-order valence-electron chi connectivity index (χ3n) is 3.97. The molecule has 0 spiro atoms. The standard InChI is InChI=1S/C20H17Cl2N3O3S2/c21-16-5-3-15(4-6-16)13-25(30(27,28)19-9-7-17(22)8-10-19)14-20(26)24-23-12-18-2-1-11-29-18/h1-12H,13-14H2,(H,24,26)/b23-12-. The summed E-state index contributed by atoms with van der Waals surface area (Å²) in [7, 11) is -3.96. The lowest BCUT2D eigenvalue weighted by atomic mass is 10.2. The molecule has 10 heteroatoms. The zero-order valence-electron chi connectivity index (χ0n) is 15.5. The summed E-state index contributed by atoms with van der Waals surface area (Å²) >= 11 is 13.2. The minimum atomic E-state index is -3.96. The smallest absolute Gasteiger partial charge is 0.255 e. The third kappa shape index (κ3) is 6.13. The van der Waals surface area contributed by atoms with E-state index in [-0.39, 0.29) is 11.4 Å². The first kappa shape index (κ1) is 22.5. The first-order valence-electron chi connectivity index (χ1n) is 8.70. The van der Waals surface area contributed by atoms with Gasteiger partial charge in [-0.3, -0.25) is 4.79 Å². The highest BCUT2D eigenvalue weighted by atomic mass is 35.5. The van der Waals surface area contributed by atoms with E-state index in [1.54, 1.807) is 24.3 Å². The van der Waals surface area contributed by atoms with E-state index >= 15 is 0 Å². The maximum atomic E-state index is 13.2. The molecule has 0 fully saturated rings. The molecule has 0 aliphatic heterocycles. The van der Waals surface area contributed by atoms with E-state index in [4.69, 9.17) is 23.2 Å². The van der Waals surface area contributed by atoms with E-state index in [1.165, 1.54) is 41.8 Å². The van der Waals surface area contributed by atoms with E-state index < -0.39 is 22.5 Å². The van der Waals surface area contributed by atoms with Crippen LogP contribution < -0.4 is 5.43 Å². The second-order valence-electron chi connectivity index (χ2n) is 6.16. The molecule has 6 nitrogen and oxygen atoms in total. The lowest BCUT2D eigenvalue weighted by molar-refractivity contribution is -0.121. The molecular formula is C20H17Cl2N3O3S2. The first-order valence-corrected chi connectivity index (χ1v) is 11.8. The maximum Gasteiger partial charge on any atom is 0.255 e. The Labute approximate surface area is 188 Å². The molecule has 1 aromatic heterocycles. The third-order valence-corrected chi connectivity index (χ3v) is 7.08. The molecule has 1 heterocycles. The minimum absolute atomic E-state index is 0.00973. The number of sulfonamides is 1. The van der Waals surface area contributed by atoms with Crippen molar-refractivity contribution in [1.29, 1.82) is 0 Å². The number of nitrogens with zero attached hydrogens (tertiary/aromatic N) is 2. The summed E-state index contributed by atoms with van der Waals surface area (Å²) in [5.41, 5.74) is 3.05. The van der Waals surface area contributed by atoms with Gasteiger partial charge in [-0.05, 0) is 53.4 Å². The fraction of sp³-hybridized carbons (Fsp3) is 0.100. The van der Waals surface area contributed by atoms with Gasteiger partial charge in [-0.1, -0.05) is 41.4 Å². The molecule has 0 saturated carbocycles. The molecule has 1 N–H and O–H groups in total. The second kappa shape index (κ2) is 10.2. The Kier molecular flexibility index (Phi) is 7.63. The molecule has 0 aliphatic rings. The van der Waals surface area contributed by atoms with Gasteiger partial charge in [0, 0.05) is 21.5 Å². The van der Waals surface area contributed by atoms with Gasteiger partial charge in [0.15, 0.2) is 0 Å². The van der Waals surface area contributed by atoms with E-state index in [0.717, 1.165) is 9.18 Å². The number of carbonyl (C=O) groups excluding carboxylic acids is 1. The molecule has 3 aromatic rings. The van der Waals surface area contributed by atoms with Gasteiger partial charge in [0.2, 0.25) is 10.0 Å². The lowest BCUT2D eigenvalue weighted by Crippen LogP contribution is -2.39. The Morgan fingerprint density at radius 2 is 1.67 bits per heavy atom. The van der Waals surface area contributed by atoms with Gasteiger partial charge >= 0.3 is 0 Å². The number of hydrogen-bond donors (Lipinski definition) is 1. The highest BCUT2D eigenvalue weighted by Gasteiger charge is 2.27. The van der Waals surface area contributed by atoms with Crippen molar-refractivity contribution in [2.24, 2.45) is 5.10 Å². The second-order valence-corrected chi connectivity index (χ2v) is 9.95. The fourth-order valence-electron chi connectivity index (χ4n) is 2.50. The molecule has 2 aromatic carbocycles. The van der Waals surface area contributed by atoms with Gasteiger partial charge in [0.25, 0.3) is 5.91 Å². The highest BCUT2D eigenvalue weighted by Crippen LogP contribution is 2.21. The first-order chi connectivity index (χ1) is 14.3. The number of thiophene rings is 1. The van der Waals surface area contributed by atoms with E-state index in [9.17, 15) is 13.2 Å². The molecule has 0 saturated heterocycles. The number of amides is 1. The summed E-state index contributed by atoms with van der Waals surface area (Å²) in [5.74, 6) is -0.561. The Hall–Kier alpha value is -2.23. The van der Waals surface area contributed by atoms with Gasteiger partial charge in [-0.2, -0.15) is 9.41 Å². The predicted molar refractivity (Wildman–Crippen MR) is 121 cm³/mol. The van der Waals surface area contributed by atoms with Gasteiger partial charge in [-0.25, -0.2) is 13.8 Å². The van der Waals surface area contributed by atoms with Gasteiger partial charge in [-0.15, -0.1) is 11.3 Å². The van der Waals surface area contributed by atoms with Crippen molar-refractivity contribution < 1.29 is 13.2 Å². The molecule has 0 bridgehead atoms. The van der Waals surface area contributed by atoms with E-state index in [0.29, 0.717) is 15.6 Å². The summed E-state index contributed by atoms with van der Waals surface area (Å²) in [6.07, 6.45) is 1.50. The molecule has 1 amide bonds. The van der Waals surface area contributed by atoms with Crippen molar-refractivity contribution in [1.82, 2.24) is 9.73 Å². The number of hydrazone groups is 1. The van der Waals surface area contributed by atoms with Gasteiger partial charge < -0.3 is 0 Å². The van der Waals surface area contributed by atoms with Crippen LogP contribution in [0.4, 0.5) is 0 Å². The molecule has 156 valence electrons. The van der Waals surface area contributed by atoms with Crippen LogP contribution in [-0.2, 0) is 21.4 Å². The normalized spacial score (nSPS) is 11.8. The van der Waals surface area contributed by atoms with Crippen molar-refractivity contribution in [3.63, 3.8) is 0 Å². The largest absolute Gasteiger partial charge is 0.272 e. The molecule has 0 aliphatic carbocycles. The average molecular weight is 482 g/mol. The summed E-state index contributed by atoms with van der Waals surface area (Å²) in [4.78, 5) is 13.3. The Morgan fingerprint density at radius 1 is 1.03 bits per heavy atom. The highest BCUT2D eigenvalue weighted by molar-refractivity contribution is 7.89. The van der Waals surface area contributed by atoms with Crippen LogP contribution in [-0.4, -0.2) is 31.4 Å². The molecule has 3 rings (SSSR count). The van der Waals surface area contributed by atoms with Crippen molar-refractivity contribution >= 4 is 56.7 Å². The molecular weight excluding hydrogens is 465 g/mol. The van der Waals surface area contributed by atoms with Crippen LogP contribution in [0.5, 0.6) is 0 Å². The zero-order chi connectivity index (χ0) is 21.6. The number of benzene rings is 2. The minimum Gasteiger partial charge on any atom is -0.272 e. The number of rotatable bonds is 8. The van der Waals surface area contributed by atoms with Crippen LogP contribution in [0.25, 0.3) is 0 Å². The van der Waals surface area contributed by atoms with Crippen molar-refractivity contribution in [3.05, 3.63) is 86.5 Å². The zero-order valence-corrected chi connectivity index (χ0v) is 18.7. The Balaban J connectivity index is 1.80. The number of nitrogens with one attached hydrogen (secondary N) is 1. The summed E-state index contributed by atoms with van der Waals surface area (Å²) in [6.45, 7) is -0.417. The fourth-order valence-corrected chi connectivity index (χ4v) is 4.72. The molecule has 0 radical (unpaired) electrons.